The standard InChI is InChI=1S/C10H16ClN3/c1-8-10(11)7-14(13-8)6-9-2-4-12-5-3-9/h7,9,12H,2-6H2,1H3. The van der Waals surface area contributed by atoms with Crippen LogP contribution >= 0.6 is 11.6 Å². The molecule has 1 fully saturated rings. The van der Waals surface area contributed by atoms with Crippen LogP contribution in [0.4, 0.5) is 0 Å². The Labute approximate surface area is 89.4 Å². The van der Waals surface area contributed by atoms with Crippen molar-refractivity contribution in [3.63, 3.8) is 0 Å². The second-order valence-corrected chi connectivity index (χ2v) is 4.39. The lowest BCUT2D eigenvalue weighted by atomic mass is 9.98. The Morgan fingerprint density at radius 3 is 2.86 bits per heavy atom. The third-order valence-electron chi connectivity index (χ3n) is 2.79. The van der Waals surface area contributed by atoms with Crippen LogP contribution in [0.15, 0.2) is 6.20 Å². The molecule has 0 saturated carbocycles. The van der Waals surface area contributed by atoms with E-state index in [0.29, 0.717) is 0 Å². The summed E-state index contributed by atoms with van der Waals surface area (Å²) >= 11 is 5.95. The molecule has 4 heteroatoms. The Bertz CT molecular complexity index is 283. The van der Waals surface area contributed by atoms with Gasteiger partial charge in [0.1, 0.15) is 0 Å². The van der Waals surface area contributed by atoms with Crippen molar-refractivity contribution in [3.05, 3.63) is 16.9 Å². The molecule has 14 heavy (non-hydrogen) atoms. The van der Waals surface area contributed by atoms with Gasteiger partial charge in [0.25, 0.3) is 0 Å². The summed E-state index contributed by atoms with van der Waals surface area (Å²) in [4.78, 5) is 0. The van der Waals surface area contributed by atoms with E-state index in [1.54, 1.807) is 0 Å². The van der Waals surface area contributed by atoms with Gasteiger partial charge in [-0.25, -0.2) is 0 Å². The van der Waals surface area contributed by atoms with Crippen LogP contribution in [0, 0.1) is 12.8 Å². The largest absolute Gasteiger partial charge is 0.317 e. The van der Waals surface area contributed by atoms with E-state index in [1.165, 1.54) is 12.8 Å². The first-order chi connectivity index (χ1) is 6.75. The van der Waals surface area contributed by atoms with Crippen LogP contribution < -0.4 is 5.32 Å². The van der Waals surface area contributed by atoms with Gasteiger partial charge in [0.15, 0.2) is 0 Å². The number of hydrogen-bond donors (Lipinski definition) is 1. The van der Waals surface area contributed by atoms with Gasteiger partial charge in [0, 0.05) is 12.7 Å². The van der Waals surface area contributed by atoms with Crippen LogP contribution in [0.5, 0.6) is 0 Å². The van der Waals surface area contributed by atoms with E-state index < -0.39 is 0 Å². The summed E-state index contributed by atoms with van der Waals surface area (Å²) in [5.74, 6) is 0.756. The number of rotatable bonds is 2. The van der Waals surface area contributed by atoms with Gasteiger partial charge >= 0.3 is 0 Å². The van der Waals surface area contributed by atoms with Crippen molar-refractivity contribution in [1.29, 1.82) is 0 Å². The van der Waals surface area contributed by atoms with Crippen molar-refractivity contribution in [3.8, 4) is 0 Å². The van der Waals surface area contributed by atoms with E-state index in [4.69, 9.17) is 11.6 Å². The molecule has 0 aromatic carbocycles. The van der Waals surface area contributed by atoms with Crippen LogP contribution in [-0.4, -0.2) is 22.9 Å². The first-order valence-electron chi connectivity index (χ1n) is 5.16. The average molecular weight is 214 g/mol. The third kappa shape index (κ3) is 2.28. The molecule has 0 aliphatic carbocycles. The van der Waals surface area contributed by atoms with Crippen molar-refractivity contribution >= 4 is 11.6 Å². The van der Waals surface area contributed by atoms with E-state index in [2.05, 4.69) is 10.4 Å². The highest BCUT2D eigenvalue weighted by atomic mass is 35.5. The average Bonchev–Trinajstić information content (AvgIpc) is 2.47. The quantitative estimate of drug-likeness (QED) is 0.813. The van der Waals surface area contributed by atoms with Gasteiger partial charge < -0.3 is 5.32 Å². The number of aromatic nitrogens is 2. The van der Waals surface area contributed by atoms with Crippen molar-refractivity contribution in [2.45, 2.75) is 26.3 Å². The molecule has 1 aliphatic heterocycles. The van der Waals surface area contributed by atoms with E-state index in [0.717, 1.165) is 36.3 Å². The SMILES string of the molecule is Cc1nn(CC2CCNCC2)cc1Cl. The summed E-state index contributed by atoms with van der Waals surface area (Å²) in [6.07, 6.45) is 4.42. The molecule has 2 heterocycles. The van der Waals surface area contributed by atoms with Crippen molar-refractivity contribution in [2.24, 2.45) is 5.92 Å². The summed E-state index contributed by atoms with van der Waals surface area (Å²) in [5.41, 5.74) is 0.931. The van der Waals surface area contributed by atoms with Gasteiger partial charge in [-0.3, -0.25) is 4.68 Å². The molecule has 1 saturated heterocycles. The fraction of sp³-hybridized carbons (Fsp3) is 0.700. The summed E-state index contributed by atoms with van der Waals surface area (Å²) in [7, 11) is 0. The first-order valence-corrected chi connectivity index (χ1v) is 5.54. The molecule has 1 aliphatic rings. The zero-order valence-corrected chi connectivity index (χ0v) is 9.22. The Balaban J connectivity index is 1.95. The summed E-state index contributed by atoms with van der Waals surface area (Å²) in [6, 6.07) is 0. The Morgan fingerprint density at radius 2 is 2.29 bits per heavy atom. The normalized spacial score (nSPS) is 18.7. The van der Waals surface area contributed by atoms with Crippen molar-refractivity contribution in [1.82, 2.24) is 15.1 Å². The molecule has 0 spiro atoms. The summed E-state index contributed by atoms with van der Waals surface area (Å²) in [6.45, 7) is 5.23. The first kappa shape index (κ1) is 9.99. The molecule has 0 bridgehead atoms. The van der Waals surface area contributed by atoms with Crippen LogP contribution in [-0.2, 0) is 6.54 Å². The Kier molecular flexibility index (Phi) is 3.08. The van der Waals surface area contributed by atoms with E-state index in [1.807, 2.05) is 17.8 Å². The second kappa shape index (κ2) is 4.32. The smallest absolute Gasteiger partial charge is 0.0814 e. The number of aryl methyl sites for hydroxylation is 1. The number of hydrogen-bond acceptors (Lipinski definition) is 2. The molecule has 0 atom stereocenters. The molecule has 3 nitrogen and oxygen atoms in total. The van der Waals surface area contributed by atoms with Gasteiger partial charge in [-0.05, 0) is 38.8 Å². The van der Waals surface area contributed by atoms with Crippen LogP contribution in [0.25, 0.3) is 0 Å². The van der Waals surface area contributed by atoms with Gasteiger partial charge in [-0.15, -0.1) is 0 Å². The highest BCUT2D eigenvalue weighted by molar-refractivity contribution is 6.31. The minimum Gasteiger partial charge on any atom is -0.317 e. The molecule has 0 amide bonds. The van der Waals surface area contributed by atoms with Crippen LogP contribution in [0.2, 0.25) is 5.02 Å². The molecule has 78 valence electrons. The minimum atomic E-state index is 0.756. The molecule has 0 unspecified atom stereocenters. The number of nitrogens with one attached hydrogen (secondary N) is 1. The number of piperidine rings is 1. The van der Waals surface area contributed by atoms with Gasteiger partial charge in [-0.2, -0.15) is 5.10 Å². The summed E-state index contributed by atoms with van der Waals surface area (Å²) in [5, 5.41) is 8.51. The topological polar surface area (TPSA) is 29.9 Å². The lowest BCUT2D eigenvalue weighted by molar-refractivity contribution is 0.321. The zero-order chi connectivity index (χ0) is 9.97. The predicted octanol–water partition coefficient (Wildman–Crippen LogP) is 1.84. The molecule has 2 rings (SSSR count). The number of nitrogens with zero attached hydrogens (tertiary/aromatic N) is 2. The lowest BCUT2D eigenvalue weighted by Gasteiger charge is -2.22. The maximum atomic E-state index is 5.95. The molecule has 1 aromatic heterocycles. The summed E-state index contributed by atoms with van der Waals surface area (Å²) < 4.78 is 1.98. The monoisotopic (exact) mass is 213 g/mol. The van der Waals surface area contributed by atoms with E-state index in [-0.39, 0.29) is 0 Å². The molecular formula is C10H16ClN3. The molecule has 0 radical (unpaired) electrons. The molecule has 1 N–H and O–H groups in total. The maximum absolute atomic E-state index is 5.95. The van der Waals surface area contributed by atoms with E-state index >= 15 is 0 Å². The van der Waals surface area contributed by atoms with Gasteiger partial charge in [-0.1, -0.05) is 11.6 Å². The molecular weight excluding hydrogens is 198 g/mol. The van der Waals surface area contributed by atoms with Gasteiger partial charge in [0.05, 0.1) is 10.7 Å². The van der Waals surface area contributed by atoms with Gasteiger partial charge in [0.2, 0.25) is 0 Å². The van der Waals surface area contributed by atoms with E-state index in [9.17, 15) is 0 Å². The molecule has 1 aromatic rings. The minimum absolute atomic E-state index is 0.756. The second-order valence-electron chi connectivity index (χ2n) is 3.98. The highest BCUT2D eigenvalue weighted by Gasteiger charge is 2.14. The van der Waals surface area contributed by atoms with Crippen molar-refractivity contribution < 1.29 is 0 Å². The van der Waals surface area contributed by atoms with Crippen LogP contribution in [0.3, 0.4) is 0 Å². The fourth-order valence-corrected chi connectivity index (χ4v) is 2.07. The lowest BCUT2D eigenvalue weighted by Crippen LogP contribution is -2.30. The van der Waals surface area contributed by atoms with Crippen molar-refractivity contribution in [2.75, 3.05) is 13.1 Å². The zero-order valence-electron chi connectivity index (χ0n) is 8.46. The predicted molar refractivity (Wildman–Crippen MR) is 57.6 cm³/mol. The van der Waals surface area contributed by atoms with Crippen LogP contribution in [0.1, 0.15) is 18.5 Å². The highest BCUT2D eigenvalue weighted by Crippen LogP contribution is 2.17. The maximum Gasteiger partial charge on any atom is 0.0814 e. The Morgan fingerprint density at radius 1 is 1.57 bits per heavy atom. The number of halogens is 1. The Hall–Kier alpha value is -0.540. The third-order valence-corrected chi connectivity index (χ3v) is 3.16. The fourth-order valence-electron chi connectivity index (χ4n) is 1.92.